The molecule has 196 valence electrons. The second-order valence-corrected chi connectivity index (χ2v) is 8.80. The molecule has 3 aromatic heterocycles. The molecule has 1 aromatic carbocycles. The van der Waals surface area contributed by atoms with E-state index < -0.39 is 11.9 Å². The van der Waals surface area contributed by atoms with Gasteiger partial charge in [-0.2, -0.15) is 4.99 Å². The van der Waals surface area contributed by atoms with Crippen molar-refractivity contribution in [1.82, 2.24) is 14.0 Å². The van der Waals surface area contributed by atoms with E-state index in [1.165, 1.54) is 16.5 Å². The highest BCUT2D eigenvalue weighted by Gasteiger charge is 2.19. The molecule has 0 aliphatic carbocycles. The maximum absolute atomic E-state index is 13.4. The van der Waals surface area contributed by atoms with E-state index in [0.717, 1.165) is 5.56 Å². The van der Waals surface area contributed by atoms with Crippen LogP contribution in [0.1, 0.15) is 43.1 Å². The molecule has 9 nitrogen and oxygen atoms in total. The Kier molecular flexibility index (Phi) is 8.60. The number of hydrogen-bond acceptors (Lipinski definition) is 6. The molecule has 4 rings (SSSR count). The highest BCUT2D eigenvalue weighted by molar-refractivity contribution is 5.95. The van der Waals surface area contributed by atoms with Crippen LogP contribution in [0.4, 0.5) is 0 Å². The lowest BCUT2D eigenvalue weighted by molar-refractivity contribution is -0.113. The predicted octanol–water partition coefficient (Wildman–Crippen LogP) is 3.78. The van der Waals surface area contributed by atoms with Gasteiger partial charge in [-0.1, -0.05) is 36.4 Å². The van der Waals surface area contributed by atoms with Gasteiger partial charge < -0.3 is 14.0 Å². The van der Waals surface area contributed by atoms with Gasteiger partial charge in [0.1, 0.15) is 16.9 Å². The van der Waals surface area contributed by atoms with Gasteiger partial charge in [0, 0.05) is 25.4 Å². The van der Waals surface area contributed by atoms with Crippen molar-refractivity contribution in [3.63, 3.8) is 0 Å². The fourth-order valence-corrected chi connectivity index (χ4v) is 3.98. The van der Waals surface area contributed by atoms with Gasteiger partial charge in [-0.25, -0.2) is 9.78 Å². The zero-order valence-corrected chi connectivity index (χ0v) is 21.7. The molecule has 3 heterocycles. The number of aryl methyl sites for hydroxylation is 1. The first-order valence-electron chi connectivity index (χ1n) is 12.5. The Balaban J connectivity index is 1.95. The number of esters is 1. The number of nitrogens with zero attached hydrogens (tertiary/aromatic N) is 4. The Morgan fingerprint density at radius 2 is 1.87 bits per heavy atom. The van der Waals surface area contributed by atoms with E-state index >= 15 is 0 Å². The van der Waals surface area contributed by atoms with Gasteiger partial charge in [-0.15, -0.1) is 0 Å². The van der Waals surface area contributed by atoms with Crippen LogP contribution in [0.2, 0.25) is 0 Å². The Hall–Kier alpha value is -4.37. The maximum atomic E-state index is 13.4. The Morgan fingerprint density at radius 1 is 1.11 bits per heavy atom. The minimum atomic E-state index is -0.683. The fourth-order valence-electron chi connectivity index (χ4n) is 3.98. The van der Waals surface area contributed by atoms with Gasteiger partial charge in [0.2, 0.25) is 0 Å². The minimum Gasteiger partial charge on any atom is -0.462 e. The summed E-state index contributed by atoms with van der Waals surface area (Å²) >= 11 is 0. The summed E-state index contributed by atoms with van der Waals surface area (Å²) in [6, 6.07) is 16.0. The fraction of sp³-hybridized carbons (Fsp3) is 0.276. The first kappa shape index (κ1) is 26.7. The van der Waals surface area contributed by atoms with Gasteiger partial charge in [0.25, 0.3) is 11.5 Å². The third-order valence-corrected chi connectivity index (χ3v) is 5.70. The van der Waals surface area contributed by atoms with E-state index in [1.807, 2.05) is 44.2 Å². The zero-order valence-electron chi connectivity index (χ0n) is 21.7. The van der Waals surface area contributed by atoms with E-state index in [1.54, 1.807) is 42.0 Å². The summed E-state index contributed by atoms with van der Waals surface area (Å²) in [5.41, 5.74) is 1.33. The monoisotopic (exact) mass is 514 g/mol. The summed E-state index contributed by atoms with van der Waals surface area (Å²) in [6.45, 7) is 6.43. The van der Waals surface area contributed by atoms with Crippen LogP contribution in [0.25, 0.3) is 22.8 Å². The van der Waals surface area contributed by atoms with E-state index in [9.17, 15) is 14.4 Å². The predicted molar refractivity (Wildman–Crippen MR) is 145 cm³/mol. The molecule has 4 aromatic rings. The topological polar surface area (TPSA) is 104 Å². The van der Waals surface area contributed by atoms with Crippen LogP contribution in [0.15, 0.2) is 76.7 Å². The number of fused-ring (bicyclic) bond motifs is 2. The van der Waals surface area contributed by atoms with E-state index in [4.69, 9.17) is 14.5 Å². The second kappa shape index (κ2) is 12.2. The molecule has 0 aliphatic heterocycles. The molecule has 9 heteroatoms. The quantitative estimate of drug-likeness (QED) is 0.146. The average molecular weight is 515 g/mol. The van der Waals surface area contributed by atoms with Crippen molar-refractivity contribution in [2.75, 3.05) is 13.2 Å². The lowest BCUT2D eigenvalue weighted by Crippen LogP contribution is -2.33. The highest BCUT2D eigenvalue weighted by Crippen LogP contribution is 2.12. The summed E-state index contributed by atoms with van der Waals surface area (Å²) < 4.78 is 14.0. The van der Waals surface area contributed by atoms with Crippen molar-refractivity contribution >= 4 is 34.6 Å². The minimum absolute atomic E-state index is 0.0142. The third kappa shape index (κ3) is 6.12. The number of pyridine rings is 2. The van der Waals surface area contributed by atoms with Gasteiger partial charge in [0.15, 0.2) is 5.49 Å². The molecule has 0 saturated carbocycles. The summed E-state index contributed by atoms with van der Waals surface area (Å²) in [4.78, 5) is 48.4. The van der Waals surface area contributed by atoms with Gasteiger partial charge in [0.05, 0.1) is 18.1 Å². The van der Waals surface area contributed by atoms with Crippen molar-refractivity contribution in [3.05, 3.63) is 93.8 Å². The lowest BCUT2D eigenvalue weighted by atomic mass is 10.2. The van der Waals surface area contributed by atoms with Crippen LogP contribution >= 0.6 is 0 Å². The lowest BCUT2D eigenvalue weighted by Gasteiger charge is -2.15. The Bertz CT molecular complexity index is 1620. The first-order chi connectivity index (χ1) is 18.4. The number of amides is 1. The third-order valence-electron chi connectivity index (χ3n) is 5.70. The SMILES string of the molecule is CCOC(=O)c1cc2c(=O)n3ccccc3nc2n(CCCOC(C)C)c1=NC(=O)/C=C/c1ccccc1. The van der Waals surface area contributed by atoms with Gasteiger partial charge in [-0.3, -0.25) is 14.0 Å². The Labute approximate surface area is 219 Å². The first-order valence-corrected chi connectivity index (χ1v) is 12.5. The summed E-state index contributed by atoms with van der Waals surface area (Å²) in [6.07, 6.45) is 5.18. The molecule has 0 N–H and O–H groups in total. The number of benzene rings is 1. The number of rotatable bonds is 9. The van der Waals surface area contributed by atoms with Crippen molar-refractivity contribution in [2.45, 2.75) is 39.8 Å². The average Bonchev–Trinajstić information content (AvgIpc) is 2.91. The van der Waals surface area contributed by atoms with Crippen LogP contribution < -0.4 is 11.0 Å². The molecule has 0 fully saturated rings. The molecule has 0 atom stereocenters. The van der Waals surface area contributed by atoms with E-state index in [0.29, 0.717) is 30.9 Å². The zero-order chi connectivity index (χ0) is 27.1. The van der Waals surface area contributed by atoms with Crippen molar-refractivity contribution in [2.24, 2.45) is 4.99 Å². The molecule has 0 aliphatic rings. The molecule has 1 amide bonds. The number of ether oxygens (including phenoxy) is 2. The van der Waals surface area contributed by atoms with Crippen molar-refractivity contribution in [1.29, 1.82) is 0 Å². The second-order valence-electron chi connectivity index (χ2n) is 8.80. The van der Waals surface area contributed by atoms with Crippen LogP contribution in [-0.2, 0) is 20.8 Å². The molecule has 0 saturated heterocycles. The van der Waals surface area contributed by atoms with Crippen molar-refractivity contribution in [3.8, 4) is 0 Å². The summed E-state index contributed by atoms with van der Waals surface area (Å²) in [7, 11) is 0. The van der Waals surface area contributed by atoms with Gasteiger partial charge >= 0.3 is 5.97 Å². The normalized spacial score (nSPS) is 12.2. The molecule has 0 radical (unpaired) electrons. The van der Waals surface area contributed by atoms with E-state index in [-0.39, 0.29) is 34.7 Å². The molecule has 0 bridgehead atoms. The van der Waals surface area contributed by atoms with Crippen LogP contribution in [0, 0.1) is 0 Å². The number of hydrogen-bond donors (Lipinski definition) is 0. The van der Waals surface area contributed by atoms with Crippen LogP contribution in [0.3, 0.4) is 0 Å². The largest absolute Gasteiger partial charge is 0.462 e. The Morgan fingerprint density at radius 3 is 2.61 bits per heavy atom. The molecular weight excluding hydrogens is 484 g/mol. The number of aromatic nitrogens is 3. The van der Waals surface area contributed by atoms with Crippen LogP contribution in [0.5, 0.6) is 0 Å². The van der Waals surface area contributed by atoms with E-state index in [2.05, 4.69) is 4.99 Å². The smallest absolute Gasteiger partial charge is 0.341 e. The highest BCUT2D eigenvalue weighted by atomic mass is 16.5. The molecular formula is C29H30N4O5. The standard InChI is InChI=1S/C29H30N4O5/c1-4-37-29(36)23-19-22-26(30-24-13-8-9-16-32(24)28(22)35)33(17-10-18-38-20(2)3)27(23)31-25(34)15-14-21-11-6-5-7-12-21/h5-9,11-16,19-20H,4,10,17-18H2,1-3H3/b15-14+,31-27?. The summed E-state index contributed by atoms with van der Waals surface area (Å²) in [5.74, 6) is -1.25. The maximum Gasteiger partial charge on any atom is 0.341 e. The van der Waals surface area contributed by atoms with Crippen molar-refractivity contribution < 1.29 is 19.1 Å². The van der Waals surface area contributed by atoms with Gasteiger partial charge in [-0.05, 0) is 57.0 Å². The number of carbonyl (C=O) groups is 2. The molecule has 0 unspecified atom stereocenters. The molecule has 0 spiro atoms. The van der Waals surface area contributed by atoms with Crippen LogP contribution in [-0.4, -0.2) is 45.1 Å². The molecule has 38 heavy (non-hydrogen) atoms. The summed E-state index contributed by atoms with van der Waals surface area (Å²) in [5, 5.41) is 0.216. The number of carbonyl (C=O) groups excluding carboxylic acids is 2.